The number of hydrogen-bond acceptors (Lipinski definition) is 2. The second kappa shape index (κ2) is 5.13. The van der Waals surface area contributed by atoms with Crippen LogP contribution in [-0.2, 0) is 4.79 Å². The van der Waals surface area contributed by atoms with E-state index in [9.17, 15) is 4.79 Å². The maximum absolute atomic E-state index is 10.3. The summed E-state index contributed by atoms with van der Waals surface area (Å²) in [6.45, 7) is 4.01. The van der Waals surface area contributed by atoms with Gasteiger partial charge in [0.05, 0.1) is 0 Å². The fourth-order valence-electron chi connectivity index (χ4n) is 1.31. The quantitative estimate of drug-likeness (QED) is 0.631. The molecule has 3 nitrogen and oxygen atoms in total. The van der Waals surface area contributed by atoms with E-state index in [1.54, 1.807) is 0 Å². The summed E-state index contributed by atoms with van der Waals surface area (Å²) in [6, 6.07) is 0.325. The highest BCUT2D eigenvalue weighted by molar-refractivity contribution is 5.67. The largest absolute Gasteiger partial charge is 0.481 e. The van der Waals surface area contributed by atoms with Crippen molar-refractivity contribution in [3.63, 3.8) is 0 Å². The van der Waals surface area contributed by atoms with Crippen molar-refractivity contribution in [1.29, 1.82) is 0 Å². The molecular weight excluding hydrogens is 142 g/mol. The smallest absolute Gasteiger partial charge is 0.303 e. The van der Waals surface area contributed by atoms with E-state index >= 15 is 0 Å². The van der Waals surface area contributed by atoms with Gasteiger partial charge in [0.15, 0.2) is 0 Å². The molecular formula is C8H17NO2. The van der Waals surface area contributed by atoms with Crippen LogP contribution in [0.15, 0.2) is 0 Å². The number of aliphatic carboxylic acids is 1. The molecule has 0 heterocycles. The standard InChI is InChI=1S/C8H17NO2/c1-4-7(9-3)6(2)5-8(10)11/h6-7,9H,4-5H2,1-3H3,(H,10,11). The maximum atomic E-state index is 10.3. The predicted octanol–water partition coefficient (Wildman–Crippen LogP) is 1.10. The molecule has 0 saturated heterocycles. The van der Waals surface area contributed by atoms with Crippen LogP contribution < -0.4 is 5.32 Å². The Labute approximate surface area is 67.8 Å². The van der Waals surface area contributed by atoms with Gasteiger partial charge in [0.2, 0.25) is 0 Å². The lowest BCUT2D eigenvalue weighted by atomic mass is 9.96. The highest BCUT2D eigenvalue weighted by atomic mass is 16.4. The van der Waals surface area contributed by atoms with Gasteiger partial charge in [0, 0.05) is 12.5 Å². The molecule has 0 aliphatic rings. The van der Waals surface area contributed by atoms with E-state index in [0.717, 1.165) is 6.42 Å². The van der Waals surface area contributed by atoms with Crippen molar-refractivity contribution in [1.82, 2.24) is 5.32 Å². The van der Waals surface area contributed by atoms with E-state index in [-0.39, 0.29) is 12.3 Å². The maximum Gasteiger partial charge on any atom is 0.303 e. The normalized spacial score (nSPS) is 15.9. The molecule has 2 atom stereocenters. The topological polar surface area (TPSA) is 49.3 Å². The van der Waals surface area contributed by atoms with Crippen LogP contribution >= 0.6 is 0 Å². The number of carbonyl (C=O) groups is 1. The summed E-state index contributed by atoms with van der Waals surface area (Å²) in [5.74, 6) is -0.506. The fraction of sp³-hybridized carbons (Fsp3) is 0.875. The van der Waals surface area contributed by atoms with Gasteiger partial charge < -0.3 is 10.4 Å². The van der Waals surface area contributed by atoms with Gasteiger partial charge in [-0.15, -0.1) is 0 Å². The Morgan fingerprint density at radius 2 is 2.18 bits per heavy atom. The van der Waals surface area contributed by atoms with Gasteiger partial charge >= 0.3 is 5.97 Å². The van der Waals surface area contributed by atoms with Gasteiger partial charge in [0.25, 0.3) is 0 Å². The third-order valence-electron chi connectivity index (χ3n) is 1.99. The average molecular weight is 159 g/mol. The van der Waals surface area contributed by atoms with Crippen molar-refractivity contribution in [2.75, 3.05) is 7.05 Å². The predicted molar refractivity (Wildman–Crippen MR) is 44.6 cm³/mol. The lowest BCUT2D eigenvalue weighted by Gasteiger charge is -2.19. The van der Waals surface area contributed by atoms with Crippen molar-refractivity contribution >= 4 is 5.97 Å². The van der Waals surface area contributed by atoms with E-state index in [2.05, 4.69) is 12.2 Å². The lowest BCUT2D eigenvalue weighted by Crippen LogP contribution is -2.32. The monoisotopic (exact) mass is 159 g/mol. The van der Waals surface area contributed by atoms with Crippen LogP contribution in [-0.4, -0.2) is 24.2 Å². The summed E-state index contributed by atoms with van der Waals surface area (Å²) in [7, 11) is 1.87. The molecule has 0 saturated carbocycles. The van der Waals surface area contributed by atoms with Gasteiger partial charge in [-0.1, -0.05) is 13.8 Å². The van der Waals surface area contributed by atoms with Crippen molar-refractivity contribution in [2.24, 2.45) is 5.92 Å². The van der Waals surface area contributed by atoms with Crippen LogP contribution in [0.5, 0.6) is 0 Å². The first-order chi connectivity index (χ1) is 5.11. The van der Waals surface area contributed by atoms with Gasteiger partial charge in [-0.05, 0) is 19.4 Å². The molecule has 0 bridgehead atoms. The molecule has 0 amide bonds. The van der Waals surface area contributed by atoms with Crippen LogP contribution in [0.2, 0.25) is 0 Å². The van der Waals surface area contributed by atoms with Gasteiger partial charge in [-0.3, -0.25) is 4.79 Å². The summed E-state index contributed by atoms with van der Waals surface area (Å²) in [4.78, 5) is 10.3. The second-order valence-corrected chi connectivity index (χ2v) is 2.88. The number of carboxylic acid groups (broad SMARTS) is 1. The summed E-state index contributed by atoms with van der Waals surface area (Å²) in [5, 5.41) is 11.6. The second-order valence-electron chi connectivity index (χ2n) is 2.88. The van der Waals surface area contributed by atoms with E-state index < -0.39 is 5.97 Å². The minimum Gasteiger partial charge on any atom is -0.481 e. The molecule has 2 unspecified atom stereocenters. The van der Waals surface area contributed by atoms with Gasteiger partial charge in [-0.2, -0.15) is 0 Å². The molecule has 2 N–H and O–H groups in total. The Morgan fingerprint density at radius 1 is 1.64 bits per heavy atom. The first-order valence-corrected chi connectivity index (χ1v) is 4.00. The number of nitrogens with one attached hydrogen (secondary N) is 1. The third kappa shape index (κ3) is 3.98. The molecule has 0 radical (unpaired) electrons. The zero-order valence-electron chi connectivity index (χ0n) is 7.42. The first-order valence-electron chi connectivity index (χ1n) is 4.00. The molecule has 66 valence electrons. The zero-order chi connectivity index (χ0) is 8.85. The Balaban J connectivity index is 3.78. The summed E-state index contributed by atoms with van der Waals surface area (Å²) in [6.07, 6.45) is 1.23. The van der Waals surface area contributed by atoms with Crippen LogP contribution in [0.1, 0.15) is 26.7 Å². The molecule has 0 aliphatic carbocycles. The highest BCUT2D eigenvalue weighted by Crippen LogP contribution is 2.10. The van der Waals surface area contributed by atoms with Crippen molar-refractivity contribution in [2.45, 2.75) is 32.7 Å². The van der Waals surface area contributed by atoms with Crippen LogP contribution in [0.3, 0.4) is 0 Å². The number of carboxylic acids is 1. The van der Waals surface area contributed by atoms with E-state index in [1.165, 1.54) is 0 Å². The Morgan fingerprint density at radius 3 is 2.45 bits per heavy atom. The molecule has 3 heteroatoms. The van der Waals surface area contributed by atoms with Crippen LogP contribution in [0.4, 0.5) is 0 Å². The Kier molecular flexibility index (Phi) is 4.86. The van der Waals surface area contributed by atoms with Crippen molar-refractivity contribution in [3.8, 4) is 0 Å². The highest BCUT2D eigenvalue weighted by Gasteiger charge is 2.15. The van der Waals surface area contributed by atoms with Crippen molar-refractivity contribution in [3.05, 3.63) is 0 Å². The molecule has 0 aromatic carbocycles. The first kappa shape index (κ1) is 10.4. The Bertz CT molecular complexity index is 121. The van der Waals surface area contributed by atoms with Gasteiger partial charge in [0.1, 0.15) is 0 Å². The minimum absolute atomic E-state index is 0.211. The number of hydrogen-bond donors (Lipinski definition) is 2. The molecule has 0 spiro atoms. The minimum atomic E-state index is -0.716. The van der Waals surface area contributed by atoms with E-state index in [0.29, 0.717) is 6.04 Å². The molecule has 0 aliphatic heterocycles. The van der Waals surface area contributed by atoms with Gasteiger partial charge in [-0.25, -0.2) is 0 Å². The molecule has 0 aromatic rings. The van der Waals surface area contributed by atoms with E-state index in [1.807, 2.05) is 14.0 Å². The van der Waals surface area contributed by atoms with Crippen molar-refractivity contribution < 1.29 is 9.90 Å². The SMILES string of the molecule is CCC(NC)C(C)CC(=O)O. The fourth-order valence-corrected chi connectivity index (χ4v) is 1.31. The molecule has 0 fully saturated rings. The summed E-state index contributed by atoms with van der Waals surface area (Å²) >= 11 is 0. The summed E-state index contributed by atoms with van der Waals surface area (Å²) in [5.41, 5.74) is 0. The summed E-state index contributed by atoms with van der Waals surface area (Å²) < 4.78 is 0. The zero-order valence-corrected chi connectivity index (χ0v) is 7.42. The Hall–Kier alpha value is -0.570. The third-order valence-corrected chi connectivity index (χ3v) is 1.99. The van der Waals surface area contributed by atoms with E-state index in [4.69, 9.17) is 5.11 Å². The molecule has 0 rings (SSSR count). The molecule has 11 heavy (non-hydrogen) atoms. The average Bonchev–Trinajstić information content (AvgIpc) is 1.88. The number of rotatable bonds is 5. The lowest BCUT2D eigenvalue weighted by molar-refractivity contribution is -0.138. The van der Waals surface area contributed by atoms with Crippen LogP contribution in [0.25, 0.3) is 0 Å². The van der Waals surface area contributed by atoms with Crippen LogP contribution in [0, 0.1) is 5.92 Å². The molecule has 0 aromatic heterocycles.